The van der Waals surface area contributed by atoms with Gasteiger partial charge in [-0.15, -0.1) is 0 Å². The van der Waals surface area contributed by atoms with E-state index in [0.29, 0.717) is 39.0 Å². The van der Waals surface area contributed by atoms with Gasteiger partial charge in [-0.1, -0.05) is 126 Å². The van der Waals surface area contributed by atoms with Gasteiger partial charge in [-0.2, -0.15) is 0 Å². The SMILES string of the molecule is CCn1c(-c2cccnc2C(C)OC)c(CC(C)(C)CO[Si](c2ccccc2)(c2ccccc2)C(C)(C)C)c2cc(N3CCC[C@@H](CC(NC(=O)OCc4ccccc4)C(=O)N4CCC[C@@H](C(=O)O)N4)C3)ccc21. The van der Waals surface area contributed by atoms with Crippen LogP contribution in [0, 0.1) is 11.3 Å². The van der Waals surface area contributed by atoms with Crippen molar-refractivity contribution in [2.75, 3.05) is 38.3 Å². The quantitative estimate of drug-likeness (QED) is 0.0670. The lowest BCUT2D eigenvalue weighted by molar-refractivity contribution is -0.147. The Labute approximate surface area is 438 Å². The number of ether oxygens (including phenoxy) is 2. The van der Waals surface area contributed by atoms with E-state index in [1.807, 2.05) is 49.5 Å². The van der Waals surface area contributed by atoms with E-state index in [-0.39, 0.29) is 35.0 Å². The van der Waals surface area contributed by atoms with E-state index in [9.17, 15) is 19.5 Å². The number of aromatic nitrogens is 2. The third kappa shape index (κ3) is 11.9. The molecule has 3 N–H and O–H groups in total. The molecule has 2 aromatic heterocycles. The van der Waals surface area contributed by atoms with Crippen molar-refractivity contribution in [1.82, 2.24) is 25.3 Å². The number of aliphatic carboxylic acids is 1. The van der Waals surface area contributed by atoms with Gasteiger partial charge in [0.2, 0.25) is 0 Å². The predicted molar refractivity (Wildman–Crippen MR) is 296 cm³/mol. The van der Waals surface area contributed by atoms with Gasteiger partial charge in [-0.25, -0.2) is 10.2 Å². The summed E-state index contributed by atoms with van der Waals surface area (Å²) >= 11 is 0. The van der Waals surface area contributed by atoms with Gasteiger partial charge in [0.1, 0.15) is 18.7 Å². The van der Waals surface area contributed by atoms with Gasteiger partial charge in [0.05, 0.1) is 17.5 Å². The lowest BCUT2D eigenvalue weighted by Gasteiger charge is -2.44. The fourth-order valence-electron chi connectivity index (χ4n) is 11.3. The van der Waals surface area contributed by atoms with Crippen LogP contribution in [-0.2, 0) is 43.1 Å². The van der Waals surface area contributed by atoms with Gasteiger partial charge in [0.15, 0.2) is 0 Å². The highest BCUT2D eigenvalue weighted by Gasteiger charge is 2.51. The molecule has 14 heteroatoms. The van der Waals surface area contributed by atoms with Crippen LogP contribution in [0.25, 0.3) is 22.2 Å². The van der Waals surface area contributed by atoms with Crippen molar-refractivity contribution in [1.29, 1.82) is 0 Å². The molecular weight excluding hydrogens is 945 g/mol. The summed E-state index contributed by atoms with van der Waals surface area (Å²) in [4.78, 5) is 47.1. The maximum atomic E-state index is 14.3. The zero-order valence-corrected chi connectivity index (χ0v) is 45.6. The van der Waals surface area contributed by atoms with Crippen molar-refractivity contribution in [3.63, 3.8) is 0 Å². The number of aryl methyl sites for hydroxylation is 1. The number of anilines is 1. The van der Waals surface area contributed by atoms with E-state index in [0.717, 1.165) is 66.1 Å². The molecule has 4 heterocycles. The second kappa shape index (κ2) is 23.5. The third-order valence-electron chi connectivity index (χ3n) is 15.1. The van der Waals surface area contributed by atoms with Crippen LogP contribution in [0.1, 0.15) is 103 Å². The molecule has 2 saturated heterocycles. The van der Waals surface area contributed by atoms with Crippen LogP contribution in [-0.4, -0.2) is 91.4 Å². The Hall–Kier alpha value is -6.32. The number of piperidine rings is 1. The number of carbonyl (C=O) groups excluding carboxylic acids is 2. The van der Waals surface area contributed by atoms with E-state index in [1.165, 1.54) is 26.3 Å². The van der Waals surface area contributed by atoms with Gasteiger partial charge in [-0.05, 0) is 121 Å². The summed E-state index contributed by atoms with van der Waals surface area (Å²) in [6.07, 6.45) is 4.67. The first kappa shape index (κ1) is 54.0. The normalized spacial score (nSPS) is 17.5. The zero-order chi connectivity index (χ0) is 52.6. The van der Waals surface area contributed by atoms with Crippen molar-refractivity contribution >= 4 is 53.3 Å². The number of fused-ring (bicyclic) bond motifs is 1. The number of nitrogens with zero attached hydrogens (tertiary/aromatic N) is 4. The van der Waals surface area contributed by atoms with Crippen LogP contribution in [0.5, 0.6) is 0 Å². The summed E-state index contributed by atoms with van der Waals surface area (Å²) in [7, 11) is -1.13. The van der Waals surface area contributed by atoms with Crippen molar-refractivity contribution in [2.45, 2.75) is 123 Å². The molecule has 0 saturated carbocycles. The van der Waals surface area contributed by atoms with Crippen LogP contribution in [0.3, 0.4) is 0 Å². The number of methoxy groups -OCH3 is 1. The van der Waals surface area contributed by atoms with Crippen molar-refractivity contribution in [2.24, 2.45) is 11.3 Å². The van der Waals surface area contributed by atoms with Gasteiger partial charge in [0, 0.05) is 68.2 Å². The Balaban J connectivity index is 1.13. The van der Waals surface area contributed by atoms with Crippen molar-refractivity contribution in [3.8, 4) is 11.3 Å². The van der Waals surface area contributed by atoms with Crippen LogP contribution < -0.4 is 26.0 Å². The smallest absolute Gasteiger partial charge is 0.408 e. The summed E-state index contributed by atoms with van der Waals surface area (Å²) in [6, 6.07) is 40.3. The lowest BCUT2D eigenvalue weighted by Crippen LogP contribution is -2.67. The molecule has 0 radical (unpaired) electrons. The van der Waals surface area contributed by atoms with Gasteiger partial charge >= 0.3 is 12.1 Å². The minimum Gasteiger partial charge on any atom is -0.480 e. The van der Waals surface area contributed by atoms with Crippen LogP contribution in [0.4, 0.5) is 10.5 Å². The number of carbonyl (C=O) groups is 3. The lowest BCUT2D eigenvalue weighted by atomic mass is 9.84. The fourth-order valence-corrected chi connectivity index (χ4v) is 16.1. The number of rotatable bonds is 19. The molecule has 2 amide bonds. The number of hydrogen-bond acceptors (Lipinski definition) is 9. The second-order valence-corrected chi connectivity index (χ2v) is 26.3. The highest BCUT2D eigenvalue weighted by Crippen LogP contribution is 2.44. The predicted octanol–water partition coefficient (Wildman–Crippen LogP) is 10.1. The zero-order valence-electron chi connectivity index (χ0n) is 44.6. The summed E-state index contributed by atoms with van der Waals surface area (Å²) in [5, 5.41) is 17.6. The third-order valence-corrected chi connectivity index (χ3v) is 20.0. The first-order chi connectivity index (χ1) is 35.5. The Morgan fingerprint density at radius 2 is 1.53 bits per heavy atom. The molecule has 2 aliphatic heterocycles. The van der Waals surface area contributed by atoms with Crippen LogP contribution in [0.15, 0.2) is 128 Å². The van der Waals surface area contributed by atoms with Gasteiger partial charge in [0.25, 0.3) is 14.2 Å². The molecule has 0 bridgehead atoms. The Morgan fingerprint density at radius 3 is 2.16 bits per heavy atom. The van der Waals surface area contributed by atoms with Crippen molar-refractivity contribution < 1.29 is 33.4 Å². The topological polar surface area (TPSA) is 147 Å². The number of pyridine rings is 1. The number of hydrazine groups is 1. The average Bonchev–Trinajstić information content (AvgIpc) is 3.72. The number of benzene rings is 4. The molecule has 4 aromatic carbocycles. The molecule has 0 spiro atoms. The molecule has 2 fully saturated rings. The molecule has 74 heavy (non-hydrogen) atoms. The molecule has 0 aliphatic carbocycles. The number of alkyl carbamates (subject to hydrolysis) is 1. The van der Waals surface area contributed by atoms with E-state index >= 15 is 0 Å². The minimum absolute atomic E-state index is 0.0317. The summed E-state index contributed by atoms with van der Waals surface area (Å²) in [5.74, 6) is -1.36. The number of carboxylic acid groups (broad SMARTS) is 1. The second-order valence-electron chi connectivity index (χ2n) is 22.0. The standard InChI is InChI=1S/C60H76N6O7Si/c1-9-65-53-32-31-45(64-34-20-24-44(39-64)36-52(56(67)66-35-21-30-51(63-66)57(68)69)62-58(70)72-40-43-22-13-10-14-23-43)37-49(53)50(55(65)48-29-19-33-61-54(48)42(2)71-8)38-60(6,7)41-73-74(59(3,4)5,46-25-15-11-16-26-46)47-27-17-12-18-28-47/h10-19,22-23,25-29,31-33,37,42,44,51-52,63H,9,20-21,24,30,34-36,38-41H2,1-8H3,(H,62,70)(H,68,69)/t42?,44-,51-,52?/m0/s1. The summed E-state index contributed by atoms with van der Waals surface area (Å²) in [5.41, 5.74) is 9.91. The van der Waals surface area contributed by atoms with Gasteiger partial charge < -0.3 is 33.8 Å². The first-order valence-corrected chi connectivity index (χ1v) is 28.3. The largest absolute Gasteiger partial charge is 0.480 e. The van der Waals surface area contributed by atoms with E-state index in [1.54, 1.807) is 7.11 Å². The van der Waals surface area contributed by atoms with E-state index < -0.39 is 32.5 Å². The maximum absolute atomic E-state index is 14.3. The Kier molecular flexibility index (Phi) is 17.1. The number of amides is 2. The summed E-state index contributed by atoms with van der Waals surface area (Å²) < 4.78 is 21.7. The van der Waals surface area contributed by atoms with E-state index in [4.69, 9.17) is 18.9 Å². The van der Waals surface area contributed by atoms with E-state index in [2.05, 4.69) is 147 Å². The maximum Gasteiger partial charge on any atom is 0.408 e. The van der Waals surface area contributed by atoms with Crippen molar-refractivity contribution in [3.05, 3.63) is 144 Å². The van der Waals surface area contributed by atoms with Crippen LogP contribution in [0.2, 0.25) is 5.04 Å². The number of hydrogen-bond donors (Lipinski definition) is 3. The van der Waals surface area contributed by atoms with Crippen LogP contribution >= 0.6 is 0 Å². The molecule has 2 aliphatic rings. The first-order valence-electron chi connectivity index (χ1n) is 26.4. The number of carboxylic acids is 1. The molecular formula is C60H76N6O7Si. The molecule has 4 atom stereocenters. The van der Waals surface area contributed by atoms with Gasteiger partial charge in [-0.3, -0.25) is 19.6 Å². The monoisotopic (exact) mass is 1020 g/mol. The Bertz CT molecular complexity index is 2810. The Morgan fingerprint density at radius 1 is 0.865 bits per heavy atom. The highest BCUT2D eigenvalue weighted by atomic mass is 28.4. The number of nitrogens with one attached hydrogen (secondary N) is 2. The molecule has 13 nitrogen and oxygen atoms in total. The molecule has 8 rings (SSSR count). The fraction of sp³-hybridized carbons (Fsp3) is 0.433. The summed E-state index contributed by atoms with van der Waals surface area (Å²) in [6.45, 7) is 19.0. The average molecular weight is 1020 g/mol. The minimum atomic E-state index is -2.86. The molecule has 6 aromatic rings. The molecule has 2 unspecified atom stereocenters. The highest BCUT2D eigenvalue weighted by molar-refractivity contribution is 6.99. The molecule has 392 valence electrons.